The lowest BCUT2D eigenvalue weighted by Crippen LogP contribution is -2.30. The lowest BCUT2D eigenvalue weighted by molar-refractivity contribution is -0.122. The number of carbonyl (C=O) groups excluding carboxylic acids is 3. The zero-order chi connectivity index (χ0) is 26.2. The number of para-hydroxylation sites is 2. The van der Waals surface area contributed by atoms with Crippen molar-refractivity contribution in [2.24, 2.45) is 0 Å². The van der Waals surface area contributed by atoms with Gasteiger partial charge in [0.15, 0.2) is 11.9 Å². The molecule has 4 aromatic carbocycles. The van der Waals surface area contributed by atoms with Gasteiger partial charge < -0.3 is 20.1 Å². The summed E-state index contributed by atoms with van der Waals surface area (Å²) in [5.41, 5.74) is 2.66. The molecule has 0 radical (unpaired) electrons. The molecule has 0 aliphatic carbocycles. The Morgan fingerprint density at radius 3 is 1.95 bits per heavy atom. The average molecular weight is 495 g/mol. The molecule has 2 amide bonds. The van der Waals surface area contributed by atoms with Crippen LogP contribution in [0.2, 0.25) is 0 Å². The highest BCUT2D eigenvalue weighted by Gasteiger charge is 2.16. The number of carbonyl (C=O) groups is 3. The second-order valence-corrected chi connectivity index (χ2v) is 8.20. The van der Waals surface area contributed by atoms with Crippen molar-refractivity contribution in [3.63, 3.8) is 0 Å². The molecular formula is C30H26N2O5. The number of methoxy groups -OCH3 is 1. The molecule has 0 fully saturated rings. The molecule has 0 heterocycles. The fraction of sp³-hybridized carbons (Fsp3) is 0.100. The molecule has 4 rings (SSSR count). The number of amides is 2. The molecule has 0 spiro atoms. The van der Waals surface area contributed by atoms with Crippen LogP contribution in [0.25, 0.3) is 0 Å². The van der Waals surface area contributed by atoms with E-state index in [2.05, 4.69) is 10.6 Å². The normalized spacial score (nSPS) is 11.2. The number of hydrogen-bond donors (Lipinski definition) is 2. The monoisotopic (exact) mass is 494 g/mol. The number of ketones is 1. The van der Waals surface area contributed by atoms with Gasteiger partial charge in [0.1, 0.15) is 11.5 Å². The van der Waals surface area contributed by atoms with Crippen LogP contribution in [0.4, 0.5) is 11.4 Å². The topological polar surface area (TPSA) is 93.7 Å². The fourth-order valence-electron chi connectivity index (χ4n) is 3.59. The number of anilines is 2. The van der Waals surface area contributed by atoms with Gasteiger partial charge in [0.25, 0.3) is 11.8 Å². The van der Waals surface area contributed by atoms with Crippen molar-refractivity contribution in [3.05, 3.63) is 120 Å². The maximum atomic E-state index is 12.6. The second-order valence-electron chi connectivity index (χ2n) is 8.20. The van der Waals surface area contributed by atoms with Gasteiger partial charge in [-0.2, -0.15) is 0 Å². The zero-order valence-electron chi connectivity index (χ0n) is 20.4. The highest BCUT2D eigenvalue weighted by atomic mass is 16.5. The van der Waals surface area contributed by atoms with Crippen LogP contribution in [0.1, 0.15) is 33.2 Å². The minimum Gasteiger partial charge on any atom is -0.495 e. The standard InChI is InChI=1S/C30H26N2O5/c1-20(37-25-18-14-22(15-19-25)28(33)21-8-4-3-5-9-21)29(34)31-24-16-12-23(13-17-24)30(35)32-26-10-6-7-11-27(26)36-2/h3-20H,1-2H3,(H,31,34)(H,32,35). The molecule has 186 valence electrons. The van der Waals surface area contributed by atoms with E-state index in [1.807, 2.05) is 24.3 Å². The quantitative estimate of drug-likeness (QED) is 0.296. The average Bonchev–Trinajstić information content (AvgIpc) is 2.94. The molecule has 0 aromatic heterocycles. The summed E-state index contributed by atoms with van der Waals surface area (Å²) in [5, 5.41) is 5.59. The van der Waals surface area contributed by atoms with E-state index in [1.54, 1.807) is 85.8 Å². The Morgan fingerprint density at radius 2 is 1.27 bits per heavy atom. The third-order valence-electron chi connectivity index (χ3n) is 5.60. The predicted octanol–water partition coefficient (Wildman–Crippen LogP) is 5.58. The molecule has 37 heavy (non-hydrogen) atoms. The first kappa shape index (κ1) is 25.2. The third-order valence-corrected chi connectivity index (χ3v) is 5.60. The Balaban J connectivity index is 1.32. The van der Waals surface area contributed by atoms with Gasteiger partial charge in [0.05, 0.1) is 12.8 Å². The summed E-state index contributed by atoms with van der Waals surface area (Å²) >= 11 is 0. The van der Waals surface area contributed by atoms with Crippen LogP contribution >= 0.6 is 0 Å². The summed E-state index contributed by atoms with van der Waals surface area (Å²) in [6.45, 7) is 1.63. The molecule has 0 aliphatic rings. The highest BCUT2D eigenvalue weighted by Crippen LogP contribution is 2.24. The molecule has 1 atom stereocenters. The summed E-state index contributed by atoms with van der Waals surface area (Å²) in [4.78, 5) is 37.7. The van der Waals surface area contributed by atoms with E-state index in [0.717, 1.165) is 0 Å². The van der Waals surface area contributed by atoms with Gasteiger partial charge >= 0.3 is 0 Å². The van der Waals surface area contributed by atoms with Crippen LogP contribution in [-0.2, 0) is 4.79 Å². The first-order valence-corrected chi connectivity index (χ1v) is 11.7. The first-order chi connectivity index (χ1) is 17.9. The summed E-state index contributed by atoms with van der Waals surface area (Å²) in [6.07, 6.45) is -0.788. The van der Waals surface area contributed by atoms with Crippen molar-refractivity contribution in [1.29, 1.82) is 0 Å². The molecule has 4 aromatic rings. The second kappa shape index (κ2) is 11.7. The summed E-state index contributed by atoms with van der Waals surface area (Å²) in [7, 11) is 1.54. The Hall–Kier alpha value is -4.91. The summed E-state index contributed by atoms with van der Waals surface area (Å²) in [5.74, 6) is 0.295. The van der Waals surface area contributed by atoms with Gasteiger partial charge in [-0.15, -0.1) is 0 Å². The molecular weight excluding hydrogens is 468 g/mol. The van der Waals surface area contributed by atoms with Gasteiger partial charge in [-0.25, -0.2) is 0 Å². The largest absolute Gasteiger partial charge is 0.495 e. The maximum Gasteiger partial charge on any atom is 0.265 e. The number of ether oxygens (including phenoxy) is 2. The summed E-state index contributed by atoms with van der Waals surface area (Å²) in [6, 6.07) is 29.3. The van der Waals surface area contributed by atoms with Crippen LogP contribution in [0, 0.1) is 0 Å². The fourth-order valence-corrected chi connectivity index (χ4v) is 3.59. The summed E-state index contributed by atoms with van der Waals surface area (Å²) < 4.78 is 11.0. The SMILES string of the molecule is COc1ccccc1NC(=O)c1ccc(NC(=O)C(C)Oc2ccc(C(=O)c3ccccc3)cc2)cc1. The molecule has 0 aliphatic heterocycles. The van der Waals surface area contributed by atoms with Crippen LogP contribution in [-0.4, -0.2) is 30.8 Å². The lowest BCUT2D eigenvalue weighted by atomic mass is 10.0. The van der Waals surface area contributed by atoms with E-state index in [9.17, 15) is 14.4 Å². The first-order valence-electron chi connectivity index (χ1n) is 11.7. The van der Waals surface area contributed by atoms with Crippen LogP contribution in [0.15, 0.2) is 103 Å². The van der Waals surface area contributed by atoms with Crippen molar-refractivity contribution >= 4 is 29.0 Å². The van der Waals surface area contributed by atoms with Crippen molar-refractivity contribution < 1.29 is 23.9 Å². The van der Waals surface area contributed by atoms with E-state index in [0.29, 0.717) is 39.6 Å². The van der Waals surface area contributed by atoms with E-state index in [4.69, 9.17) is 9.47 Å². The van der Waals surface area contributed by atoms with Crippen molar-refractivity contribution in [3.8, 4) is 11.5 Å². The third kappa shape index (κ3) is 6.41. The van der Waals surface area contributed by atoms with E-state index >= 15 is 0 Å². The van der Waals surface area contributed by atoms with Gasteiger partial charge in [0.2, 0.25) is 0 Å². The van der Waals surface area contributed by atoms with Gasteiger partial charge in [-0.05, 0) is 67.6 Å². The zero-order valence-corrected chi connectivity index (χ0v) is 20.4. The van der Waals surface area contributed by atoms with Crippen molar-refractivity contribution in [2.45, 2.75) is 13.0 Å². The van der Waals surface area contributed by atoms with E-state index in [-0.39, 0.29) is 17.6 Å². The van der Waals surface area contributed by atoms with Crippen LogP contribution < -0.4 is 20.1 Å². The molecule has 2 N–H and O–H groups in total. The smallest absolute Gasteiger partial charge is 0.265 e. The van der Waals surface area contributed by atoms with E-state index in [1.165, 1.54) is 7.11 Å². The Labute approximate surface area is 215 Å². The van der Waals surface area contributed by atoms with E-state index < -0.39 is 6.10 Å². The molecule has 0 saturated heterocycles. The van der Waals surface area contributed by atoms with Crippen LogP contribution in [0.5, 0.6) is 11.5 Å². The molecule has 1 unspecified atom stereocenters. The number of nitrogens with one attached hydrogen (secondary N) is 2. The van der Waals surface area contributed by atoms with Gasteiger partial charge in [-0.3, -0.25) is 14.4 Å². The lowest BCUT2D eigenvalue weighted by Gasteiger charge is -2.15. The number of rotatable bonds is 9. The highest BCUT2D eigenvalue weighted by molar-refractivity contribution is 6.09. The van der Waals surface area contributed by atoms with Gasteiger partial charge in [-0.1, -0.05) is 42.5 Å². The Kier molecular flexibility index (Phi) is 7.95. The predicted molar refractivity (Wildman–Crippen MR) is 142 cm³/mol. The minimum absolute atomic E-state index is 0.0852. The van der Waals surface area contributed by atoms with Crippen LogP contribution in [0.3, 0.4) is 0 Å². The minimum atomic E-state index is -0.788. The molecule has 7 nitrogen and oxygen atoms in total. The van der Waals surface area contributed by atoms with Crippen molar-refractivity contribution in [1.82, 2.24) is 0 Å². The number of hydrogen-bond acceptors (Lipinski definition) is 5. The maximum absolute atomic E-state index is 12.6. The van der Waals surface area contributed by atoms with Gasteiger partial charge in [0, 0.05) is 22.4 Å². The van der Waals surface area contributed by atoms with Crippen molar-refractivity contribution in [2.75, 3.05) is 17.7 Å². The molecule has 0 bridgehead atoms. The molecule has 0 saturated carbocycles. The Morgan fingerprint density at radius 1 is 0.676 bits per heavy atom. The molecule has 7 heteroatoms. The Bertz CT molecular complexity index is 1380. The number of benzene rings is 4.